The van der Waals surface area contributed by atoms with Crippen molar-refractivity contribution >= 4 is 22.2 Å². The van der Waals surface area contributed by atoms with Crippen LogP contribution in [0.3, 0.4) is 0 Å². The Morgan fingerprint density at radius 2 is 2.15 bits per heavy atom. The van der Waals surface area contributed by atoms with E-state index in [1.807, 2.05) is 22.2 Å². The number of carbonyl (C=O) groups is 1. The second-order valence-electron chi connectivity index (χ2n) is 4.41. The van der Waals surface area contributed by atoms with Crippen molar-refractivity contribution in [2.75, 3.05) is 0 Å². The standard InChI is InChI=1S/C14H12FN3OS/c15-11-3-1-10(2-4-11)8-16-13(19)7-12-9-18-5-6-20-14(18)17-12/h1-6,9H,7-8H2,(H,16,19). The van der Waals surface area contributed by atoms with E-state index in [-0.39, 0.29) is 18.1 Å². The highest BCUT2D eigenvalue weighted by Gasteiger charge is 2.08. The molecule has 0 atom stereocenters. The van der Waals surface area contributed by atoms with Gasteiger partial charge in [0, 0.05) is 24.3 Å². The predicted octanol–water partition coefficient (Wildman–Crippen LogP) is 2.39. The number of hydrogen-bond donors (Lipinski definition) is 1. The van der Waals surface area contributed by atoms with E-state index in [0.29, 0.717) is 6.54 Å². The van der Waals surface area contributed by atoms with Crippen molar-refractivity contribution in [3.8, 4) is 0 Å². The highest BCUT2D eigenvalue weighted by molar-refractivity contribution is 7.15. The van der Waals surface area contributed by atoms with Crippen molar-refractivity contribution in [1.29, 1.82) is 0 Å². The Morgan fingerprint density at radius 3 is 2.90 bits per heavy atom. The maximum Gasteiger partial charge on any atom is 0.226 e. The van der Waals surface area contributed by atoms with Gasteiger partial charge in [0.25, 0.3) is 0 Å². The number of fused-ring (bicyclic) bond motifs is 1. The number of hydrogen-bond acceptors (Lipinski definition) is 3. The molecule has 0 unspecified atom stereocenters. The topological polar surface area (TPSA) is 46.4 Å². The molecule has 0 aliphatic carbocycles. The highest BCUT2D eigenvalue weighted by atomic mass is 32.1. The maximum absolute atomic E-state index is 12.7. The lowest BCUT2D eigenvalue weighted by atomic mass is 10.2. The smallest absolute Gasteiger partial charge is 0.226 e. The van der Waals surface area contributed by atoms with Gasteiger partial charge in [-0.15, -0.1) is 11.3 Å². The van der Waals surface area contributed by atoms with Gasteiger partial charge in [-0.05, 0) is 17.7 Å². The first-order chi connectivity index (χ1) is 9.70. The molecule has 0 aliphatic heterocycles. The third kappa shape index (κ3) is 2.85. The molecule has 2 aromatic heterocycles. The van der Waals surface area contributed by atoms with Crippen molar-refractivity contribution < 1.29 is 9.18 Å². The predicted molar refractivity (Wildman–Crippen MR) is 75.0 cm³/mol. The molecular formula is C14H12FN3OS. The van der Waals surface area contributed by atoms with Gasteiger partial charge in [0.15, 0.2) is 4.96 Å². The molecule has 3 aromatic rings. The quantitative estimate of drug-likeness (QED) is 0.801. The number of aromatic nitrogens is 2. The van der Waals surface area contributed by atoms with E-state index in [1.54, 1.807) is 12.1 Å². The second kappa shape index (κ2) is 5.42. The van der Waals surface area contributed by atoms with Gasteiger partial charge in [-0.3, -0.25) is 9.20 Å². The molecule has 0 fully saturated rings. The molecule has 0 radical (unpaired) electrons. The van der Waals surface area contributed by atoms with Crippen LogP contribution in [0.2, 0.25) is 0 Å². The van der Waals surface area contributed by atoms with Crippen molar-refractivity contribution in [2.45, 2.75) is 13.0 Å². The van der Waals surface area contributed by atoms with E-state index in [2.05, 4.69) is 10.3 Å². The van der Waals surface area contributed by atoms with Gasteiger partial charge in [-0.1, -0.05) is 12.1 Å². The van der Waals surface area contributed by atoms with Gasteiger partial charge in [0.2, 0.25) is 5.91 Å². The van der Waals surface area contributed by atoms with E-state index < -0.39 is 0 Å². The zero-order valence-electron chi connectivity index (χ0n) is 10.5. The average molecular weight is 289 g/mol. The van der Waals surface area contributed by atoms with Crippen LogP contribution in [0.5, 0.6) is 0 Å². The molecule has 20 heavy (non-hydrogen) atoms. The van der Waals surface area contributed by atoms with Gasteiger partial charge in [-0.25, -0.2) is 9.37 Å². The molecule has 0 spiro atoms. The number of halogens is 1. The van der Waals surface area contributed by atoms with E-state index >= 15 is 0 Å². The van der Waals surface area contributed by atoms with E-state index in [0.717, 1.165) is 16.2 Å². The summed E-state index contributed by atoms with van der Waals surface area (Å²) in [6.07, 6.45) is 4.01. The van der Waals surface area contributed by atoms with Gasteiger partial charge >= 0.3 is 0 Å². The Bertz CT molecular complexity index is 704. The van der Waals surface area contributed by atoms with Crippen LogP contribution in [-0.4, -0.2) is 15.3 Å². The molecule has 102 valence electrons. The lowest BCUT2D eigenvalue weighted by Gasteiger charge is -2.04. The number of amides is 1. The first-order valence-corrected chi connectivity index (χ1v) is 7.01. The number of imidazole rings is 1. The maximum atomic E-state index is 12.7. The minimum atomic E-state index is -0.279. The summed E-state index contributed by atoms with van der Waals surface area (Å²) in [5.74, 6) is -0.377. The van der Waals surface area contributed by atoms with Crippen LogP contribution in [0.15, 0.2) is 42.0 Å². The molecule has 1 aromatic carbocycles. The lowest BCUT2D eigenvalue weighted by Crippen LogP contribution is -2.24. The van der Waals surface area contributed by atoms with Crippen LogP contribution in [0.1, 0.15) is 11.3 Å². The number of carbonyl (C=O) groups excluding carboxylic acids is 1. The van der Waals surface area contributed by atoms with E-state index in [1.165, 1.54) is 23.5 Å². The molecule has 1 N–H and O–H groups in total. The molecule has 0 saturated carbocycles. The third-order valence-corrected chi connectivity index (χ3v) is 3.66. The minimum Gasteiger partial charge on any atom is -0.352 e. The summed E-state index contributed by atoms with van der Waals surface area (Å²) in [6.45, 7) is 0.390. The number of rotatable bonds is 4. The van der Waals surface area contributed by atoms with Gasteiger partial charge in [0.1, 0.15) is 5.82 Å². The number of thiazole rings is 1. The molecule has 2 heterocycles. The highest BCUT2D eigenvalue weighted by Crippen LogP contribution is 2.11. The minimum absolute atomic E-state index is 0.0971. The Balaban J connectivity index is 1.57. The summed E-state index contributed by atoms with van der Waals surface area (Å²) >= 11 is 1.53. The molecule has 4 nitrogen and oxygen atoms in total. The molecule has 0 bridgehead atoms. The number of nitrogens with one attached hydrogen (secondary N) is 1. The molecule has 6 heteroatoms. The summed E-state index contributed by atoms with van der Waals surface area (Å²) in [6, 6.07) is 6.07. The van der Waals surface area contributed by atoms with Crippen molar-refractivity contribution in [3.63, 3.8) is 0 Å². The van der Waals surface area contributed by atoms with Crippen molar-refractivity contribution in [3.05, 3.63) is 59.1 Å². The number of benzene rings is 1. The SMILES string of the molecule is O=C(Cc1cn2ccsc2n1)NCc1ccc(F)cc1. The summed E-state index contributed by atoms with van der Waals surface area (Å²) in [5, 5.41) is 4.74. The molecular weight excluding hydrogens is 277 g/mol. The van der Waals surface area contributed by atoms with Crippen LogP contribution in [0.25, 0.3) is 4.96 Å². The molecule has 0 saturated heterocycles. The summed E-state index contributed by atoms with van der Waals surface area (Å²) in [7, 11) is 0. The fourth-order valence-corrected chi connectivity index (χ4v) is 2.61. The fourth-order valence-electron chi connectivity index (χ4n) is 1.89. The van der Waals surface area contributed by atoms with Crippen LogP contribution in [0.4, 0.5) is 4.39 Å². The van der Waals surface area contributed by atoms with Crippen LogP contribution in [-0.2, 0) is 17.8 Å². The first kappa shape index (κ1) is 12.8. The fraction of sp³-hybridized carbons (Fsp3) is 0.143. The largest absolute Gasteiger partial charge is 0.352 e. The molecule has 0 aliphatic rings. The average Bonchev–Trinajstić information content (AvgIpc) is 2.99. The lowest BCUT2D eigenvalue weighted by molar-refractivity contribution is -0.120. The van der Waals surface area contributed by atoms with Crippen LogP contribution in [0, 0.1) is 5.82 Å². The van der Waals surface area contributed by atoms with Gasteiger partial charge in [0.05, 0.1) is 12.1 Å². The summed E-state index contributed by atoms with van der Waals surface area (Å²) in [5.41, 5.74) is 1.61. The van der Waals surface area contributed by atoms with Gasteiger partial charge < -0.3 is 5.32 Å². The zero-order chi connectivity index (χ0) is 13.9. The Hall–Kier alpha value is -2.21. The summed E-state index contributed by atoms with van der Waals surface area (Å²) in [4.78, 5) is 17.1. The normalized spacial score (nSPS) is 10.8. The monoisotopic (exact) mass is 289 g/mol. The van der Waals surface area contributed by atoms with Crippen LogP contribution >= 0.6 is 11.3 Å². The van der Waals surface area contributed by atoms with Gasteiger partial charge in [-0.2, -0.15) is 0 Å². The zero-order valence-corrected chi connectivity index (χ0v) is 11.4. The van der Waals surface area contributed by atoms with E-state index in [9.17, 15) is 9.18 Å². The molecule has 1 amide bonds. The second-order valence-corrected chi connectivity index (χ2v) is 5.28. The van der Waals surface area contributed by atoms with Crippen molar-refractivity contribution in [1.82, 2.24) is 14.7 Å². The third-order valence-electron chi connectivity index (χ3n) is 2.89. The first-order valence-electron chi connectivity index (χ1n) is 6.13. The van der Waals surface area contributed by atoms with Crippen LogP contribution < -0.4 is 5.32 Å². The van der Waals surface area contributed by atoms with Crippen molar-refractivity contribution in [2.24, 2.45) is 0 Å². The Kier molecular flexibility index (Phi) is 3.47. The Labute approximate surface area is 118 Å². The Morgan fingerprint density at radius 1 is 1.35 bits per heavy atom. The summed E-state index contributed by atoms with van der Waals surface area (Å²) < 4.78 is 14.6. The molecule has 3 rings (SSSR count). The van der Waals surface area contributed by atoms with E-state index in [4.69, 9.17) is 0 Å². The number of nitrogens with zero attached hydrogens (tertiary/aromatic N) is 2.